The van der Waals surface area contributed by atoms with E-state index in [9.17, 15) is 13.2 Å². The van der Waals surface area contributed by atoms with E-state index in [0.717, 1.165) is 0 Å². The molecular weight excluding hydrogens is 225 g/mol. The lowest BCUT2D eigenvalue weighted by Gasteiger charge is -2.11. The van der Waals surface area contributed by atoms with Gasteiger partial charge < -0.3 is 4.74 Å². The largest absolute Gasteiger partial charge is 0.448 e. The van der Waals surface area contributed by atoms with E-state index in [-0.39, 0.29) is 5.05 Å². The fraction of sp³-hybridized carbons (Fsp3) is 0.100. The van der Waals surface area contributed by atoms with Crippen LogP contribution in [0.15, 0.2) is 42.7 Å². The Kier molecular flexibility index (Phi) is 3.47. The van der Waals surface area contributed by atoms with Crippen LogP contribution in [0.3, 0.4) is 0 Å². The number of alkyl halides is 3. The number of benzene rings is 1. The Labute approximate surface area is 90.2 Å². The summed E-state index contributed by atoms with van der Waals surface area (Å²) in [7, 11) is 0. The van der Waals surface area contributed by atoms with Gasteiger partial charge in [-0.1, -0.05) is 36.9 Å². The van der Waals surface area contributed by atoms with Crippen molar-refractivity contribution in [3.63, 3.8) is 0 Å². The molecule has 15 heavy (non-hydrogen) atoms. The lowest BCUT2D eigenvalue weighted by atomic mass is 10.2. The summed E-state index contributed by atoms with van der Waals surface area (Å²) in [6.45, 7) is 2.76. The SMILES string of the molecule is C=C(OC(=S)c1ccccc1)C(F)(F)F. The highest BCUT2D eigenvalue weighted by Gasteiger charge is 2.35. The monoisotopic (exact) mass is 232 g/mol. The predicted octanol–water partition coefficient (Wildman–Crippen LogP) is 3.45. The lowest BCUT2D eigenvalue weighted by Crippen LogP contribution is -2.16. The van der Waals surface area contributed by atoms with Gasteiger partial charge in [0.2, 0.25) is 5.76 Å². The van der Waals surface area contributed by atoms with Crippen LogP contribution in [-0.4, -0.2) is 11.2 Å². The molecule has 0 bridgehead atoms. The average Bonchev–Trinajstić information content (AvgIpc) is 2.17. The van der Waals surface area contributed by atoms with Gasteiger partial charge in [-0.3, -0.25) is 0 Å². The van der Waals surface area contributed by atoms with Gasteiger partial charge in [0.25, 0.3) is 0 Å². The summed E-state index contributed by atoms with van der Waals surface area (Å²) < 4.78 is 40.5. The van der Waals surface area contributed by atoms with Gasteiger partial charge in [-0.25, -0.2) is 0 Å². The van der Waals surface area contributed by atoms with E-state index in [4.69, 9.17) is 0 Å². The molecule has 0 radical (unpaired) electrons. The first-order valence-corrected chi connectivity index (χ1v) is 4.35. The fourth-order valence-corrected chi connectivity index (χ4v) is 1.04. The Hall–Kier alpha value is -1.36. The van der Waals surface area contributed by atoms with Crippen LogP contribution >= 0.6 is 12.2 Å². The van der Waals surface area contributed by atoms with Crippen molar-refractivity contribution in [2.45, 2.75) is 6.18 Å². The Morgan fingerprint density at radius 1 is 1.20 bits per heavy atom. The highest BCUT2D eigenvalue weighted by atomic mass is 32.1. The summed E-state index contributed by atoms with van der Waals surface area (Å²) in [5, 5.41) is -0.238. The van der Waals surface area contributed by atoms with Gasteiger partial charge in [0.1, 0.15) is 0 Å². The molecule has 0 aliphatic carbocycles. The number of thiocarbonyl (C=S) groups is 1. The van der Waals surface area contributed by atoms with Crippen molar-refractivity contribution in [3.8, 4) is 0 Å². The summed E-state index contributed by atoms with van der Waals surface area (Å²) in [6, 6.07) is 8.16. The summed E-state index contributed by atoms with van der Waals surface area (Å²) in [6.07, 6.45) is -4.58. The zero-order valence-electron chi connectivity index (χ0n) is 7.54. The van der Waals surface area contributed by atoms with Crippen molar-refractivity contribution in [2.75, 3.05) is 0 Å². The number of ether oxygens (including phenoxy) is 1. The van der Waals surface area contributed by atoms with E-state index in [0.29, 0.717) is 5.56 Å². The minimum absolute atomic E-state index is 0.238. The Morgan fingerprint density at radius 2 is 1.73 bits per heavy atom. The molecule has 0 heterocycles. The maximum Gasteiger partial charge on any atom is 0.448 e. The van der Waals surface area contributed by atoms with E-state index in [1.54, 1.807) is 30.3 Å². The molecule has 0 aromatic heterocycles. The van der Waals surface area contributed by atoms with Gasteiger partial charge in [-0.05, 0) is 12.2 Å². The van der Waals surface area contributed by atoms with Crippen LogP contribution in [0.5, 0.6) is 0 Å². The minimum Gasteiger partial charge on any atom is -0.441 e. The van der Waals surface area contributed by atoms with Crippen LogP contribution in [0.25, 0.3) is 0 Å². The highest BCUT2D eigenvalue weighted by Crippen LogP contribution is 2.25. The lowest BCUT2D eigenvalue weighted by molar-refractivity contribution is -0.117. The molecule has 0 aliphatic rings. The molecule has 1 aromatic rings. The van der Waals surface area contributed by atoms with Crippen molar-refractivity contribution >= 4 is 17.3 Å². The Morgan fingerprint density at radius 3 is 2.20 bits per heavy atom. The molecule has 0 saturated heterocycles. The van der Waals surface area contributed by atoms with E-state index >= 15 is 0 Å². The summed E-state index contributed by atoms with van der Waals surface area (Å²) >= 11 is 4.68. The van der Waals surface area contributed by atoms with E-state index in [2.05, 4.69) is 23.5 Å². The first kappa shape index (κ1) is 11.7. The zero-order valence-corrected chi connectivity index (χ0v) is 8.36. The molecule has 0 N–H and O–H groups in total. The van der Waals surface area contributed by atoms with Crippen LogP contribution in [0.1, 0.15) is 5.56 Å². The molecule has 0 atom stereocenters. The average molecular weight is 232 g/mol. The van der Waals surface area contributed by atoms with Crippen LogP contribution in [0.4, 0.5) is 13.2 Å². The second-order valence-electron chi connectivity index (χ2n) is 2.68. The molecule has 1 nitrogen and oxygen atoms in total. The van der Waals surface area contributed by atoms with Crippen LogP contribution in [-0.2, 0) is 4.74 Å². The summed E-state index contributed by atoms with van der Waals surface area (Å²) in [4.78, 5) is 0. The standard InChI is InChI=1S/C10H7F3OS/c1-7(10(11,12)13)14-9(15)8-5-3-2-4-6-8/h2-6H,1H2. The molecule has 0 fully saturated rings. The number of hydrogen-bond acceptors (Lipinski definition) is 2. The van der Waals surface area contributed by atoms with Gasteiger partial charge >= 0.3 is 6.18 Å². The van der Waals surface area contributed by atoms with Crippen LogP contribution in [0, 0.1) is 0 Å². The maximum atomic E-state index is 12.0. The first-order valence-electron chi connectivity index (χ1n) is 3.94. The molecular formula is C10H7F3OS. The quantitative estimate of drug-likeness (QED) is 0.570. The van der Waals surface area contributed by atoms with Crippen molar-refractivity contribution in [1.29, 1.82) is 0 Å². The van der Waals surface area contributed by atoms with Crippen LogP contribution in [0.2, 0.25) is 0 Å². The number of hydrogen-bond donors (Lipinski definition) is 0. The smallest absolute Gasteiger partial charge is 0.441 e. The first-order chi connectivity index (χ1) is 6.91. The number of halogens is 3. The summed E-state index contributed by atoms with van der Waals surface area (Å²) in [5.41, 5.74) is 0.415. The highest BCUT2D eigenvalue weighted by molar-refractivity contribution is 7.80. The molecule has 1 aromatic carbocycles. The molecule has 0 saturated carbocycles. The molecule has 80 valence electrons. The normalized spacial score (nSPS) is 10.9. The van der Waals surface area contributed by atoms with E-state index < -0.39 is 11.9 Å². The third kappa shape index (κ3) is 3.36. The number of allylic oxidation sites excluding steroid dienone is 1. The van der Waals surface area contributed by atoms with Gasteiger partial charge in [-0.2, -0.15) is 13.2 Å². The Bertz CT molecular complexity index is 370. The molecule has 5 heteroatoms. The van der Waals surface area contributed by atoms with Crippen LogP contribution < -0.4 is 0 Å². The molecule has 1 rings (SSSR count). The van der Waals surface area contributed by atoms with E-state index in [1.807, 2.05) is 0 Å². The fourth-order valence-electron chi connectivity index (χ4n) is 0.803. The minimum atomic E-state index is -4.58. The zero-order chi connectivity index (χ0) is 11.5. The van der Waals surface area contributed by atoms with Crippen molar-refractivity contribution in [2.24, 2.45) is 0 Å². The van der Waals surface area contributed by atoms with Crippen molar-refractivity contribution in [1.82, 2.24) is 0 Å². The van der Waals surface area contributed by atoms with Gasteiger partial charge in [0.15, 0.2) is 5.05 Å². The van der Waals surface area contributed by atoms with Crippen molar-refractivity contribution in [3.05, 3.63) is 48.2 Å². The van der Waals surface area contributed by atoms with Gasteiger partial charge in [0, 0.05) is 5.56 Å². The predicted molar refractivity (Wildman–Crippen MR) is 54.4 cm³/mol. The molecule has 0 unspecified atom stereocenters. The molecule has 0 spiro atoms. The number of rotatable bonds is 2. The van der Waals surface area contributed by atoms with Gasteiger partial charge in [0.05, 0.1) is 0 Å². The Balaban J connectivity index is 2.70. The third-order valence-corrected chi connectivity index (χ3v) is 1.86. The molecule has 0 amide bonds. The topological polar surface area (TPSA) is 9.23 Å². The third-order valence-electron chi connectivity index (χ3n) is 1.54. The maximum absolute atomic E-state index is 12.0. The van der Waals surface area contributed by atoms with Crippen molar-refractivity contribution < 1.29 is 17.9 Å². The second-order valence-corrected chi connectivity index (χ2v) is 3.05. The van der Waals surface area contributed by atoms with Gasteiger partial charge in [-0.15, -0.1) is 0 Å². The summed E-state index contributed by atoms with van der Waals surface area (Å²) in [5.74, 6) is -1.31. The van der Waals surface area contributed by atoms with E-state index in [1.165, 1.54) is 0 Å². The second kappa shape index (κ2) is 4.44. The molecule has 0 aliphatic heterocycles.